The van der Waals surface area contributed by atoms with E-state index in [4.69, 9.17) is 0 Å². The number of primary amides is 1. The molecule has 0 saturated heterocycles. The number of hydrogen-bond acceptors (Lipinski definition) is 2. The van der Waals surface area contributed by atoms with E-state index in [-0.39, 0.29) is 0 Å². The molecule has 4 nitrogen and oxygen atoms in total. The van der Waals surface area contributed by atoms with Gasteiger partial charge in [0.25, 0.3) is 0 Å². The fourth-order valence-electron chi connectivity index (χ4n) is 0. The molecule has 0 aliphatic carbocycles. The molecule has 2 amide bonds. The Morgan fingerprint density at radius 1 is 1.56 bits per heavy atom. The Kier molecular flexibility index (Phi) is 9.27. The van der Waals surface area contributed by atoms with Gasteiger partial charge in [0, 0.05) is 30.4 Å². The van der Waals surface area contributed by atoms with Gasteiger partial charge in [-0.3, -0.25) is 4.21 Å². The molecule has 0 fully saturated rings. The lowest BCUT2D eigenvalue weighted by Crippen LogP contribution is -2.24. The summed E-state index contributed by atoms with van der Waals surface area (Å²) in [5, 5.41) is 2.17. The zero-order valence-electron chi connectivity index (χ0n) is 5.80. The standard InChI is InChI=1S/C2H6N2O.C2H6OS/c1-4-2(3)5;1-4(2)3/h1H3,(H3,3,4,5);1-2H3. The average Bonchev–Trinajstić information content (AvgIpc) is 1.65. The van der Waals surface area contributed by atoms with E-state index in [1.54, 1.807) is 12.5 Å². The van der Waals surface area contributed by atoms with Crippen molar-refractivity contribution in [1.29, 1.82) is 0 Å². The molecule has 0 rings (SSSR count). The summed E-state index contributed by atoms with van der Waals surface area (Å²) in [5.74, 6) is 0. The Bertz CT molecular complexity index is 101. The molecule has 0 heterocycles. The summed E-state index contributed by atoms with van der Waals surface area (Å²) in [6, 6.07) is -0.495. The van der Waals surface area contributed by atoms with Gasteiger partial charge in [-0.1, -0.05) is 0 Å². The highest BCUT2D eigenvalue weighted by Crippen LogP contribution is 1.47. The number of amides is 2. The van der Waals surface area contributed by atoms with Crippen molar-refractivity contribution in [3.8, 4) is 0 Å². The van der Waals surface area contributed by atoms with Crippen LogP contribution in [0.15, 0.2) is 0 Å². The largest absolute Gasteiger partial charge is 0.352 e. The molecule has 0 aromatic carbocycles. The topological polar surface area (TPSA) is 72.2 Å². The highest BCUT2D eigenvalue weighted by atomic mass is 32.2. The van der Waals surface area contributed by atoms with Crippen LogP contribution in [0.5, 0.6) is 0 Å². The van der Waals surface area contributed by atoms with E-state index >= 15 is 0 Å². The molecule has 0 saturated carbocycles. The Morgan fingerprint density at radius 3 is 1.67 bits per heavy atom. The molecule has 0 unspecified atom stereocenters. The van der Waals surface area contributed by atoms with Crippen molar-refractivity contribution in [2.75, 3.05) is 19.6 Å². The molecular formula is C4H12N2O2S. The average molecular weight is 152 g/mol. The zero-order chi connectivity index (χ0) is 7.86. The van der Waals surface area contributed by atoms with Crippen LogP contribution in [0.25, 0.3) is 0 Å². The van der Waals surface area contributed by atoms with Crippen molar-refractivity contribution in [3.05, 3.63) is 0 Å². The van der Waals surface area contributed by atoms with Crippen molar-refractivity contribution in [1.82, 2.24) is 5.32 Å². The first kappa shape index (κ1) is 11.2. The third-order valence-electron chi connectivity index (χ3n) is 0.246. The van der Waals surface area contributed by atoms with Crippen LogP contribution in [-0.4, -0.2) is 29.8 Å². The lowest BCUT2D eigenvalue weighted by atomic mass is 11.1. The molecular weight excluding hydrogens is 140 g/mol. The van der Waals surface area contributed by atoms with Gasteiger partial charge >= 0.3 is 6.03 Å². The third kappa shape index (κ3) is 108. The van der Waals surface area contributed by atoms with Crippen LogP contribution in [-0.2, 0) is 10.8 Å². The minimum absolute atomic E-state index is 0.495. The van der Waals surface area contributed by atoms with E-state index < -0.39 is 16.8 Å². The van der Waals surface area contributed by atoms with Crippen LogP contribution in [0, 0.1) is 0 Å². The second-order valence-corrected chi connectivity index (χ2v) is 2.84. The van der Waals surface area contributed by atoms with Crippen molar-refractivity contribution in [2.24, 2.45) is 5.73 Å². The van der Waals surface area contributed by atoms with Crippen LogP contribution in [0.4, 0.5) is 4.79 Å². The van der Waals surface area contributed by atoms with Gasteiger partial charge in [0.2, 0.25) is 0 Å². The summed E-state index contributed by atoms with van der Waals surface area (Å²) in [6.07, 6.45) is 3.28. The Labute approximate surface area is 57.3 Å². The number of carbonyl (C=O) groups is 1. The van der Waals surface area contributed by atoms with E-state index in [1.165, 1.54) is 7.05 Å². The van der Waals surface area contributed by atoms with Crippen LogP contribution >= 0.6 is 0 Å². The second-order valence-electron chi connectivity index (χ2n) is 1.36. The lowest BCUT2D eigenvalue weighted by molar-refractivity contribution is 0.251. The second kappa shape index (κ2) is 7.42. The Morgan fingerprint density at radius 2 is 1.67 bits per heavy atom. The molecule has 0 aromatic rings. The highest BCUT2D eigenvalue weighted by molar-refractivity contribution is 7.83. The molecule has 0 spiro atoms. The normalized spacial score (nSPS) is 7.56. The number of rotatable bonds is 0. The number of urea groups is 1. The van der Waals surface area contributed by atoms with Gasteiger partial charge in [0.1, 0.15) is 0 Å². The van der Waals surface area contributed by atoms with E-state index in [0.717, 1.165) is 0 Å². The maximum Gasteiger partial charge on any atom is 0.311 e. The van der Waals surface area contributed by atoms with Crippen molar-refractivity contribution >= 4 is 16.8 Å². The minimum atomic E-state index is -0.611. The number of carbonyl (C=O) groups excluding carboxylic acids is 1. The third-order valence-corrected chi connectivity index (χ3v) is 0.246. The van der Waals surface area contributed by atoms with Crippen LogP contribution in [0.2, 0.25) is 0 Å². The molecule has 5 heteroatoms. The number of nitrogens with two attached hydrogens (primary N) is 1. The first-order valence-electron chi connectivity index (χ1n) is 2.23. The molecule has 9 heavy (non-hydrogen) atoms. The zero-order valence-corrected chi connectivity index (χ0v) is 6.62. The highest BCUT2D eigenvalue weighted by Gasteiger charge is 1.72. The fraction of sp³-hybridized carbons (Fsp3) is 0.750. The van der Waals surface area contributed by atoms with Crippen molar-refractivity contribution in [3.63, 3.8) is 0 Å². The summed E-state index contributed by atoms with van der Waals surface area (Å²) in [5.41, 5.74) is 4.54. The maximum absolute atomic E-state index is 9.56. The number of hydrogen-bond donors (Lipinski definition) is 2. The van der Waals surface area contributed by atoms with Crippen LogP contribution in [0.3, 0.4) is 0 Å². The van der Waals surface area contributed by atoms with E-state index in [0.29, 0.717) is 0 Å². The van der Waals surface area contributed by atoms with Gasteiger partial charge in [0.05, 0.1) is 0 Å². The molecule has 0 atom stereocenters. The minimum Gasteiger partial charge on any atom is -0.352 e. The summed E-state index contributed by atoms with van der Waals surface area (Å²) in [4.78, 5) is 9.48. The first-order chi connectivity index (χ1) is 4.00. The summed E-state index contributed by atoms with van der Waals surface area (Å²) >= 11 is 0. The number of nitrogens with one attached hydrogen (secondary N) is 1. The van der Waals surface area contributed by atoms with E-state index in [2.05, 4.69) is 11.1 Å². The van der Waals surface area contributed by atoms with Crippen LogP contribution in [0.1, 0.15) is 0 Å². The molecule has 3 N–H and O–H groups in total. The van der Waals surface area contributed by atoms with Gasteiger partial charge in [-0.15, -0.1) is 0 Å². The van der Waals surface area contributed by atoms with Gasteiger partial charge in [0.15, 0.2) is 0 Å². The van der Waals surface area contributed by atoms with E-state index in [9.17, 15) is 9.00 Å². The summed E-state index contributed by atoms with van der Waals surface area (Å²) < 4.78 is 9.56. The van der Waals surface area contributed by atoms with Gasteiger partial charge in [-0.2, -0.15) is 0 Å². The molecule has 0 aliphatic heterocycles. The Balaban J connectivity index is 0. The predicted octanol–water partition coefficient (Wildman–Crippen LogP) is -0.721. The SMILES string of the molecule is CNC(N)=O.CS(C)=O. The fourth-order valence-corrected chi connectivity index (χ4v) is 0. The monoisotopic (exact) mass is 152 g/mol. The molecule has 56 valence electrons. The van der Waals surface area contributed by atoms with Crippen LogP contribution < -0.4 is 11.1 Å². The Hall–Kier alpha value is -0.580. The molecule has 0 aromatic heterocycles. The van der Waals surface area contributed by atoms with Crippen molar-refractivity contribution < 1.29 is 9.00 Å². The predicted molar refractivity (Wildman–Crippen MR) is 38.6 cm³/mol. The van der Waals surface area contributed by atoms with Gasteiger partial charge in [-0.25, -0.2) is 4.79 Å². The summed E-state index contributed by atoms with van der Waals surface area (Å²) in [6.45, 7) is 0. The smallest absolute Gasteiger partial charge is 0.311 e. The van der Waals surface area contributed by atoms with Gasteiger partial charge < -0.3 is 11.1 Å². The molecule has 0 radical (unpaired) electrons. The molecule has 0 bridgehead atoms. The van der Waals surface area contributed by atoms with E-state index in [1.807, 2.05) is 0 Å². The lowest BCUT2D eigenvalue weighted by Gasteiger charge is -1.80. The quantitative estimate of drug-likeness (QED) is 0.481. The van der Waals surface area contributed by atoms with Gasteiger partial charge in [-0.05, 0) is 0 Å². The molecule has 0 aliphatic rings. The maximum atomic E-state index is 9.56. The summed E-state index contributed by atoms with van der Waals surface area (Å²) in [7, 11) is 0.863. The van der Waals surface area contributed by atoms with Crippen molar-refractivity contribution in [2.45, 2.75) is 0 Å². The first-order valence-corrected chi connectivity index (χ1v) is 4.19.